The molecule has 0 spiro atoms. The van der Waals surface area contributed by atoms with Gasteiger partial charge in [0.2, 0.25) is 0 Å². The van der Waals surface area contributed by atoms with Crippen molar-refractivity contribution in [3.05, 3.63) is 119 Å². The lowest BCUT2D eigenvalue weighted by molar-refractivity contribution is 0.590. The third-order valence-electron chi connectivity index (χ3n) is 6.76. The second-order valence-corrected chi connectivity index (χ2v) is 11.0. The maximum atomic E-state index is 4.69. The fraction of sp³-hybridized carbons (Fsp3) is 0.333. The Kier molecular flexibility index (Phi) is 11.0. The molecule has 0 heterocycles. The van der Waals surface area contributed by atoms with Gasteiger partial charge < -0.3 is 0 Å². The Hall–Kier alpha value is -3.52. The van der Waals surface area contributed by atoms with Crippen molar-refractivity contribution in [3.63, 3.8) is 0 Å². The van der Waals surface area contributed by atoms with Gasteiger partial charge in [-0.25, -0.2) is 0 Å². The van der Waals surface area contributed by atoms with E-state index in [-0.39, 0.29) is 5.41 Å². The van der Waals surface area contributed by atoms with Crippen LogP contribution in [0.4, 0.5) is 0 Å². The van der Waals surface area contributed by atoms with E-state index in [1.807, 2.05) is 13.0 Å². The van der Waals surface area contributed by atoms with Crippen LogP contribution in [0.3, 0.4) is 0 Å². The highest BCUT2D eigenvalue weighted by atomic mass is 15.2. The van der Waals surface area contributed by atoms with Gasteiger partial charge in [0.25, 0.3) is 0 Å². The molecule has 38 heavy (non-hydrogen) atoms. The molecule has 0 radical (unpaired) electrons. The van der Waals surface area contributed by atoms with Gasteiger partial charge in [0.1, 0.15) is 0 Å². The van der Waals surface area contributed by atoms with Gasteiger partial charge in [-0.2, -0.15) is 10.2 Å². The number of allylic oxidation sites excluding steroid dienone is 4. The van der Waals surface area contributed by atoms with Crippen molar-refractivity contribution in [1.29, 1.82) is 0 Å². The first-order chi connectivity index (χ1) is 18.3. The van der Waals surface area contributed by atoms with E-state index in [9.17, 15) is 0 Å². The van der Waals surface area contributed by atoms with Gasteiger partial charge in [0, 0.05) is 0 Å². The molecule has 0 aliphatic heterocycles. The number of unbranched alkanes of at least 4 members (excludes halogenated alkanes) is 1. The van der Waals surface area contributed by atoms with E-state index in [2.05, 4.69) is 136 Å². The smallest absolute Gasteiger partial charge is 0.0702 e. The van der Waals surface area contributed by atoms with Gasteiger partial charge in [-0.1, -0.05) is 137 Å². The fourth-order valence-corrected chi connectivity index (χ4v) is 4.23. The molecule has 4 rings (SSSR count). The third-order valence-corrected chi connectivity index (χ3v) is 6.76. The third kappa shape index (κ3) is 9.10. The minimum Gasteiger partial charge on any atom is -0.155 e. The maximum Gasteiger partial charge on any atom is 0.0702 e. The van der Waals surface area contributed by atoms with Crippen molar-refractivity contribution in [2.45, 2.75) is 79.1 Å². The average molecular weight is 505 g/mol. The molecular formula is C36H44N2. The Morgan fingerprint density at radius 1 is 0.763 bits per heavy atom. The molecule has 2 heteroatoms. The van der Waals surface area contributed by atoms with E-state index < -0.39 is 0 Å². The summed E-state index contributed by atoms with van der Waals surface area (Å²) in [6, 6.07) is 27.8. The second kappa shape index (κ2) is 14.4. The van der Waals surface area contributed by atoms with Gasteiger partial charge in [-0.3, -0.25) is 0 Å². The molecule has 2 nitrogen and oxygen atoms in total. The Morgan fingerprint density at radius 2 is 1.39 bits per heavy atom. The number of hydrogen-bond donors (Lipinski definition) is 0. The Morgan fingerprint density at radius 3 is 1.92 bits per heavy atom. The lowest BCUT2D eigenvalue weighted by atomic mass is 9.86. The molecule has 3 aromatic carbocycles. The van der Waals surface area contributed by atoms with Crippen molar-refractivity contribution in [1.82, 2.24) is 0 Å². The van der Waals surface area contributed by atoms with Crippen molar-refractivity contribution in [2.24, 2.45) is 10.2 Å². The van der Waals surface area contributed by atoms with E-state index >= 15 is 0 Å². The molecule has 0 unspecified atom stereocenters. The number of benzene rings is 3. The van der Waals surface area contributed by atoms with E-state index in [4.69, 9.17) is 0 Å². The molecule has 0 aromatic heterocycles. The van der Waals surface area contributed by atoms with Crippen LogP contribution in [0.5, 0.6) is 0 Å². The zero-order valence-electron chi connectivity index (χ0n) is 24.2. The standard InChI is InChI=1S/C29H34N2.C7H10/c1-6-7-13-28(26-16-14-25(15-17-26)24-11-9-8-10-12-24)31-30-22(2)23-18-20-27(21-19-23)29(3,4)5;1-7-5-3-2-4-6-7/h8-12,14-21H,6-7,13H2,1-5H3;3,5-6H,2,4H2,1H3/b30-22+,31-28+;. The van der Waals surface area contributed by atoms with Gasteiger partial charge in [-0.15, -0.1) is 0 Å². The Balaban J connectivity index is 0.000000494. The first-order valence-corrected chi connectivity index (χ1v) is 14.0. The van der Waals surface area contributed by atoms with E-state index in [1.54, 1.807) is 0 Å². The molecule has 198 valence electrons. The number of hydrogen-bond acceptors (Lipinski definition) is 2. The van der Waals surface area contributed by atoms with Crippen LogP contribution < -0.4 is 0 Å². The molecule has 0 fully saturated rings. The summed E-state index contributed by atoms with van der Waals surface area (Å²) in [7, 11) is 0. The molecule has 0 saturated carbocycles. The Labute approximate surface area is 230 Å². The molecule has 0 N–H and O–H groups in total. The van der Waals surface area contributed by atoms with Crippen LogP contribution in [0.25, 0.3) is 11.1 Å². The van der Waals surface area contributed by atoms with Crippen LogP contribution in [0.1, 0.15) is 90.3 Å². The summed E-state index contributed by atoms with van der Waals surface area (Å²) in [6.07, 6.45) is 12.3. The van der Waals surface area contributed by atoms with Gasteiger partial charge in [0.15, 0.2) is 0 Å². The van der Waals surface area contributed by atoms with E-state index in [1.165, 1.54) is 35.1 Å². The summed E-state index contributed by atoms with van der Waals surface area (Å²) in [6.45, 7) is 13.1. The predicted molar refractivity (Wildman–Crippen MR) is 167 cm³/mol. The molecule has 1 aliphatic carbocycles. The van der Waals surface area contributed by atoms with Crippen molar-refractivity contribution in [3.8, 4) is 11.1 Å². The minimum absolute atomic E-state index is 0.154. The second-order valence-electron chi connectivity index (χ2n) is 11.0. The van der Waals surface area contributed by atoms with Crippen LogP contribution in [0, 0.1) is 0 Å². The van der Waals surface area contributed by atoms with Crippen LogP contribution in [-0.2, 0) is 5.41 Å². The predicted octanol–water partition coefficient (Wildman–Crippen LogP) is 10.3. The summed E-state index contributed by atoms with van der Waals surface area (Å²) < 4.78 is 0. The zero-order valence-corrected chi connectivity index (χ0v) is 24.2. The summed E-state index contributed by atoms with van der Waals surface area (Å²) >= 11 is 0. The first-order valence-electron chi connectivity index (χ1n) is 14.0. The average Bonchev–Trinajstić information content (AvgIpc) is 2.94. The lowest BCUT2D eigenvalue weighted by Gasteiger charge is -2.19. The van der Waals surface area contributed by atoms with Gasteiger partial charge in [0.05, 0.1) is 11.4 Å². The van der Waals surface area contributed by atoms with E-state index in [0.29, 0.717) is 0 Å². The van der Waals surface area contributed by atoms with Gasteiger partial charge >= 0.3 is 0 Å². The summed E-state index contributed by atoms with van der Waals surface area (Å²) in [5.41, 5.74) is 9.59. The molecule has 1 aliphatic rings. The van der Waals surface area contributed by atoms with Crippen LogP contribution in [-0.4, -0.2) is 11.4 Å². The SMILES string of the molecule is CC1=CCCC=C1.CCCC/C(=N\N=C(/C)c1ccc(C(C)(C)C)cc1)c1ccc(-c2ccccc2)cc1. The van der Waals surface area contributed by atoms with Crippen LogP contribution >= 0.6 is 0 Å². The molecule has 3 aromatic rings. The summed E-state index contributed by atoms with van der Waals surface area (Å²) in [5, 5.41) is 9.29. The fourth-order valence-electron chi connectivity index (χ4n) is 4.23. The maximum absolute atomic E-state index is 4.69. The largest absolute Gasteiger partial charge is 0.155 e. The minimum atomic E-state index is 0.154. The summed E-state index contributed by atoms with van der Waals surface area (Å²) in [4.78, 5) is 0. The number of nitrogens with zero attached hydrogens (tertiary/aromatic N) is 2. The van der Waals surface area contributed by atoms with E-state index in [0.717, 1.165) is 41.8 Å². The van der Waals surface area contributed by atoms with Crippen molar-refractivity contribution >= 4 is 11.4 Å². The lowest BCUT2D eigenvalue weighted by Crippen LogP contribution is -2.11. The first kappa shape index (κ1) is 29.0. The topological polar surface area (TPSA) is 24.7 Å². The highest BCUT2D eigenvalue weighted by Crippen LogP contribution is 2.23. The van der Waals surface area contributed by atoms with Crippen LogP contribution in [0.2, 0.25) is 0 Å². The highest BCUT2D eigenvalue weighted by molar-refractivity contribution is 6.03. The molecule has 0 atom stereocenters. The zero-order chi connectivity index (χ0) is 27.4. The molecule has 0 bridgehead atoms. The van der Waals surface area contributed by atoms with Gasteiger partial charge in [-0.05, 0) is 72.8 Å². The molecule has 0 saturated heterocycles. The van der Waals surface area contributed by atoms with Crippen molar-refractivity contribution < 1.29 is 0 Å². The highest BCUT2D eigenvalue weighted by Gasteiger charge is 2.13. The summed E-state index contributed by atoms with van der Waals surface area (Å²) in [5.74, 6) is 0. The number of rotatable bonds is 7. The Bertz CT molecular complexity index is 1250. The monoisotopic (exact) mass is 504 g/mol. The molecule has 0 amide bonds. The quantitative estimate of drug-likeness (QED) is 0.226. The van der Waals surface area contributed by atoms with Crippen molar-refractivity contribution in [2.75, 3.05) is 0 Å². The normalized spacial score (nSPS) is 14.0. The van der Waals surface area contributed by atoms with Crippen LogP contribution in [0.15, 0.2) is 113 Å². The molecular weight excluding hydrogens is 460 g/mol.